The van der Waals surface area contributed by atoms with Crippen molar-refractivity contribution >= 4 is 54.1 Å². The molecule has 0 atom stereocenters. The fourth-order valence-electron chi connectivity index (χ4n) is 9.99. The lowest BCUT2D eigenvalue weighted by Gasteiger charge is -2.17. The van der Waals surface area contributed by atoms with E-state index in [2.05, 4.69) is 141 Å². The zero-order chi connectivity index (χ0) is 47.5. The molecule has 0 unspecified atom stereocenters. The highest BCUT2D eigenvalue weighted by atomic mass is 15.0. The van der Waals surface area contributed by atoms with Crippen LogP contribution in [0.4, 0.5) is 0 Å². The quantitative estimate of drug-likeness (QED) is 0.136. The van der Waals surface area contributed by atoms with Crippen molar-refractivity contribution in [3.8, 4) is 90.6 Å². The second-order valence-electron chi connectivity index (χ2n) is 17.6. The van der Waals surface area contributed by atoms with E-state index in [0.29, 0.717) is 34.9 Å². The molecular formula is C62H36N10. The Morgan fingerprint density at radius 3 is 1.00 bits per heavy atom. The van der Waals surface area contributed by atoms with Crippen LogP contribution in [0.25, 0.3) is 145 Å². The molecule has 6 heterocycles. The molecule has 0 bridgehead atoms. The number of rotatable bonds is 8. The van der Waals surface area contributed by atoms with Crippen molar-refractivity contribution in [2.45, 2.75) is 0 Å². The number of aromatic nitrogens is 10. The van der Waals surface area contributed by atoms with Gasteiger partial charge in [-0.15, -0.1) is 0 Å². The van der Waals surface area contributed by atoms with Crippen molar-refractivity contribution < 1.29 is 0 Å². The molecule has 0 saturated carbocycles. The maximum Gasteiger partial charge on any atom is 0.164 e. The van der Waals surface area contributed by atoms with Gasteiger partial charge in [-0.05, 0) is 115 Å². The van der Waals surface area contributed by atoms with Crippen LogP contribution < -0.4 is 0 Å². The largest absolute Gasteiger partial charge is 0.265 e. The molecule has 0 aliphatic rings. The SMILES string of the molecule is c1cc(-c2nc(-c3cccc4ncccc34)nc(-c3ccc4ccc5c(-c6nc(-c7ccc(-c8ccncc8)cc7)nc(-c7ccc(-c8ccncc8)cc7)n6)ccc6ccc3c4c65)n2)c2cccnc2c1. The van der Waals surface area contributed by atoms with Crippen LogP contribution in [0.2, 0.25) is 0 Å². The number of hydrogen-bond acceptors (Lipinski definition) is 10. The molecule has 10 heteroatoms. The lowest BCUT2D eigenvalue weighted by atomic mass is 9.89. The number of benzene rings is 8. The molecule has 0 saturated heterocycles. The Bertz CT molecular complexity index is 4170. The van der Waals surface area contributed by atoms with E-state index in [4.69, 9.17) is 29.9 Å². The van der Waals surface area contributed by atoms with Gasteiger partial charge in [0.25, 0.3) is 0 Å². The minimum absolute atomic E-state index is 0.558. The Hall–Kier alpha value is -10.1. The van der Waals surface area contributed by atoms with E-state index < -0.39 is 0 Å². The number of fused-ring (bicyclic) bond motifs is 2. The van der Waals surface area contributed by atoms with Gasteiger partial charge in [0, 0.05) is 81.3 Å². The predicted molar refractivity (Wildman–Crippen MR) is 287 cm³/mol. The first-order valence-electron chi connectivity index (χ1n) is 23.6. The summed E-state index contributed by atoms with van der Waals surface area (Å²) in [5.41, 5.74) is 11.3. The van der Waals surface area contributed by atoms with Crippen LogP contribution in [0.5, 0.6) is 0 Å². The van der Waals surface area contributed by atoms with Crippen LogP contribution in [0.1, 0.15) is 0 Å². The molecule has 0 radical (unpaired) electrons. The van der Waals surface area contributed by atoms with Crippen molar-refractivity contribution in [3.63, 3.8) is 0 Å². The zero-order valence-electron chi connectivity index (χ0n) is 38.3. The molecule has 8 aromatic carbocycles. The van der Waals surface area contributed by atoms with Gasteiger partial charge in [-0.3, -0.25) is 19.9 Å². The molecule has 0 fully saturated rings. The topological polar surface area (TPSA) is 129 Å². The molecule has 0 aliphatic heterocycles. The average Bonchev–Trinajstić information content (AvgIpc) is 3.46. The Morgan fingerprint density at radius 1 is 0.222 bits per heavy atom. The molecule has 0 aliphatic carbocycles. The van der Waals surface area contributed by atoms with E-state index in [1.165, 1.54) is 0 Å². The average molecular weight is 921 g/mol. The molecule has 334 valence electrons. The number of nitrogens with zero attached hydrogens (tertiary/aromatic N) is 10. The Labute approximate surface area is 411 Å². The van der Waals surface area contributed by atoms with Crippen molar-refractivity contribution in [3.05, 3.63) is 219 Å². The van der Waals surface area contributed by atoms with Gasteiger partial charge in [0.1, 0.15) is 0 Å². The minimum Gasteiger partial charge on any atom is -0.265 e. The van der Waals surface area contributed by atoms with Crippen LogP contribution in [-0.2, 0) is 0 Å². The number of hydrogen-bond donors (Lipinski definition) is 0. The predicted octanol–water partition coefficient (Wildman–Crippen LogP) is 14.2. The van der Waals surface area contributed by atoms with Crippen LogP contribution >= 0.6 is 0 Å². The van der Waals surface area contributed by atoms with E-state index in [1.807, 2.05) is 60.7 Å². The van der Waals surface area contributed by atoms with Gasteiger partial charge >= 0.3 is 0 Å². The standard InChI is InChI=1S/C62H36N10/c1-5-49(45-7-3-31-65-53(45)9-1)59-70-60(50-6-2-10-54-46(50)8-4-32-66-54)72-62(71-59)52-26-22-42-19-23-47-51(25-21-41-20-24-48(52)56(42)55(41)47)61-68-57(43-15-11-37(12-16-43)39-27-33-63-34-28-39)67-58(69-61)44-17-13-38(14-18-44)40-29-35-64-36-30-40/h1-36H. The smallest absolute Gasteiger partial charge is 0.164 e. The first kappa shape index (κ1) is 41.0. The first-order valence-corrected chi connectivity index (χ1v) is 23.6. The van der Waals surface area contributed by atoms with E-state index in [-0.39, 0.29) is 0 Å². The summed E-state index contributed by atoms with van der Waals surface area (Å²) in [5.74, 6) is 3.41. The molecule has 14 rings (SSSR count). The normalized spacial score (nSPS) is 11.6. The van der Waals surface area contributed by atoms with Gasteiger partial charge in [-0.1, -0.05) is 121 Å². The molecule has 14 aromatic rings. The third-order valence-corrected chi connectivity index (χ3v) is 13.5. The number of pyridine rings is 4. The Morgan fingerprint density at radius 2 is 0.569 bits per heavy atom. The molecule has 6 aromatic heterocycles. The van der Waals surface area contributed by atoms with Crippen molar-refractivity contribution in [1.29, 1.82) is 0 Å². The van der Waals surface area contributed by atoms with E-state index in [0.717, 1.165) is 110 Å². The van der Waals surface area contributed by atoms with Crippen LogP contribution in [0.3, 0.4) is 0 Å². The maximum absolute atomic E-state index is 5.30. The third kappa shape index (κ3) is 7.04. The van der Waals surface area contributed by atoms with Gasteiger partial charge in [-0.2, -0.15) is 0 Å². The molecule has 72 heavy (non-hydrogen) atoms. The summed E-state index contributed by atoms with van der Waals surface area (Å²) in [4.78, 5) is 49.2. The summed E-state index contributed by atoms with van der Waals surface area (Å²) < 4.78 is 0. The summed E-state index contributed by atoms with van der Waals surface area (Å²) in [6, 6.07) is 62.2. The summed E-state index contributed by atoms with van der Waals surface area (Å²) in [7, 11) is 0. The fourth-order valence-corrected chi connectivity index (χ4v) is 9.99. The second kappa shape index (κ2) is 16.9. The van der Waals surface area contributed by atoms with Crippen LogP contribution in [0, 0.1) is 0 Å². The van der Waals surface area contributed by atoms with Gasteiger partial charge < -0.3 is 0 Å². The zero-order valence-corrected chi connectivity index (χ0v) is 38.3. The molecule has 10 nitrogen and oxygen atoms in total. The van der Waals surface area contributed by atoms with Crippen LogP contribution in [0.15, 0.2) is 219 Å². The monoisotopic (exact) mass is 920 g/mol. The van der Waals surface area contributed by atoms with Crippen molar-refractivity contribution in [1.82, 2.24) is 49.8 Å². The Balaban J connectivity index is 0.953. The second-order valence-corrected chi connectivity index (χ2v) is 17.6. The molecule has 0 spiro atoms. The summed E-state index contributed by atoms with van der Waals surface area (Å²) >= 11 is 0. The minimum atomic E-state index is 0.558. The highest BCUT2D eigenvalue weighted by molar-refractivity contribution is 6.27. The third-order valence-electron chi connectivity index (χ3n) is 13.5. The van der Waals surface area contributed by atoms with Gasteiger partial charge in [-0.25, -0.2) is 29.9 Å². The van der Waals surface area contributed by atoms with Gasteiger partial charge in [0.2, 0.25) is 0 Å². The molecular weight excluding hydrogens is 885 g/mol. The highest BCUT2D eigenvalue weighted by Crippen LogP contribution is 2.43. The summed E-state index contributed by atoms with van der Waals surface area (Å²) in [6.45, 7) is 0. The molecule has 0 N–H and O–H groups in total. The van der Waals surface area contributed by atoms with Crippen molar-refractivity contribution in [2.75, 3.05) is 0 Å². The van der Waals surface area contributed by atoms with Gasteiger partial charge in [0.05, 0.1) is 11.0 Å². The maximum atomic E-state index is 5.30. The first-order chi connectivity index (χ1) is 35.7. The lowest BCUT2D eigenvalue weighted by molar-refractivity contribution is 1.08. The fraction of sp³-hybridized carbons (Fsp3) is 0. The summed E-state index contributed by atoms with van der Waals surface area (Å²) in [5, 5.41) is 8.36. The Kier molecular flexibility index (Phi) is 9.59. The summed E-state index contributed by atoms with van der Waals surface area (Å²) in [6.07, 6.45) is 10.8. The van der Waals surface area contributed by atoms with Crippen molar-refractivity contribution in [2.24, 2.45) is 0 Å². The van der Waals surface area contributed by atoms with E-state index in [9.17, 15) is 0 Å². The van der Waals surface area contributed by atoms with Gasteiger partial charge in [0.15, 0.2) is 34.9 Å². The van der Waals surface area contributed by atoms with E-state index in [1.54, 1.807) is 37.2 Å². The highest BCUT2D eigenvalue weighted by Gasteiger charge is 2.22. The lowest BCUT2D eigenvalue weighted by Crippen LogP contribution is -2.02. The van der Waals surface area contributed by atoms with Crippen LogP contribution in [-0.4, -0.2) is 49.8 Å². The molecule has 0 amide bonds. The van der Waals surface area contributed by atoms with E-state index >= 15 is 0 Å².